The van der Waals surface area contributed by atoms with Gasteiger partial charge in [0, 0.05) is 19.1 Å². The zero-order valence-corrected chi connectivity index (χ0v) is 15.2. The maximum Gasteiger partial charge on any atom is 0.240 e. The molecule has 0 aliphatic heterocycles. The lowest BCUT2D eigenvalue weighted by Gasteiger charge is -2.25. The summed E-state index contributed by atoms with van der Waals surface area (Å²) in [6, 6.07) is 9.48. The van der Waals surface area contributed by atoms with Gasteiger partial charge in [-0.3, -0.25) is 4.79 Å². The average Bonchev–Trinajstić information content (AvgIpc) is 2.49. The van der Waals surface area contributed by atoms with Gasteiger partial charge in [-0.25, -0.2) is 4.99 Å². The van der Waals surface area contributed by atoms with E-state index in [1.54, 1.807) is 11.0 Å². The summed E-state index contributed by atoms with van der Waals surface area (Å²) in [6.07, 6.45) is 0. The fourth-order valence-electron chi connectivity index (χ4n) is 2.12. The molecule has 6 heteroatoms. The van der Waals surface area contributed by atoms with E-state index in [1.165, 1.54) is 0 Å². The molecule has 0 unspecified atom stereocenters. The maximum absolute atomic E-state index is 12.1. The van der Waals surface area contributed by atoms with E-state index in [9.17, 15) is 4.79 Å². The first-order valence-corrected chi connectivity index (χ1v) is 8.04. The SMILES string of the molecule is CCNC(=NCc1cccc(C#N)c1)N(C)CC(=O)NC(C)(C)C. The summed E-state index contributed by atoms with van der Waals surface area (Å²) in [6.45, 7) is 9.22. The van der Waals surface area contributed by atoms with Gasteiger partial charge in [0.05, 0.1) is 24.7 Å². The summed E-state index contributed by atoms with van der Waals surface area (Å²) < 4.78 is 0. The lowest BCUT2D eigenvalue weighted by Crippen LogP contribution is -2.48. The van der Waals surface area contributed by atoms with Crippen molar-refractivity contribution >= 4 is 11.9 Å². The molecule has 1 amide bonds. The Morgan fingerprint density at radius 1 is 1.38 bits per heavy atom. The van der Waals surface area contributed by atoms with Crippen LogP contribution in [0.4, 0.5) is 0 Å². The number of hydrogen-bond donors (Lipinski definition) is 2. The first kappa shape index (κ1) is 19.5. The Morgan fingerprint density at radius 2 is 2.08 bits per heavy atom. The van der Waals surface area contributed by atoms with Crippen LogP contribution in [0, 0.1) is 11.3 Å². The number of rotatable bonds is 5. The van der Waals surface area contributed by atoms with Gasteiger partial charge in [0.15, 0.2) is 5.96 Å². The molecule has 1 aromatic carbocycles. The van der Waals surface area contributed by atoms with Crippen LogP contribution in [0.5, 0.6) is 0 Å². The molecule has 0 heterocycles. The molecule has 2 N–H and O–H groups in total. The first-order chi connectivity index (χ1) is 11.2. The summed E-state index contributed by atoms with van der Waals surface area (Å²) in [5, 5.41) is 15.1. The minimum absolute atomic E-state index is 0.0536. The van der Waals surface area contributed by atoms with Gasteiger partial charge in [0.2, 0.25) is 5.91 Å². The zero-order valence-electron chi connectivity index (χ0n) is 15.2. The lowest BCUT2D eigenvalue weighted by molar-refractivity contribution is -0.122. The van der Waals surface area contributed by atoms with Crippen molar-refractivity contribution < 1.29 is 4.79 Å². The monoisotopic (exact) mass is 329 g/mol. The van der Waals surface area contributed by atoms with Crippen molar-refractivity contribution in [2.45, 2.75) is 39.8 Å². The molecule has 1 aromatic rings. The summed E-state index contributed by atoms with van der Waals surface area (Å²) >= 11 is 0. The van der Waals surface area contributed by atoms with Crippen molar-refractivity contribution in [3.05, 3.63) is 35.4 Å². The Balaban J connectivity index is 2.77. The van der Waals surface area contributed by atoms with E-state index in [-0.39, 0.29) is 18.0 Å². The quantitative estimate of drug-likeness (QED) is 0.638. The van der Waals surface area contributed by atoms with E-state index in [4.69, 9.17) is 5.26 Å². The number of hydrogen-bond acceptors (Lipinski definition) is 3. The van der Waals surface area contributed by atoms with E-state index < -0.39 is 0 Å². The molecule has 130 valence electrons. The largest absolute Gasteiger partial charge is 0.357 e. The Labute approximate surface area is 144 Å². The molecule has 0 atom stereocenters. The van der Waals surface area contributed by atoms with Crippen LogP contribution in [-0.4, -0.2) is 42.4 Å². The third kappa shape index (κ3) is 7.14. The van der Waals surface area contributed by atoms with E-state index >= 15 is 0 Å². The van der Waals surface area contributed by atoms with Gasteiger partial charge in [-0.2, -0.15) is 5.26 Å². The van der Waals surface area contributed by atoms with Crippen LogP contribution in [0.3, 0.4) is 0 Å². The number of guanidine groups is 1. The second kappa shape index (κ2) is 8.92. The normalized spacial score (nSPS) is 11.6. The summed E-state index contributed by atoms with van der Waals surface area (Å²) in [5.41, 5.74) is 1.31. The van der Waals surface area contributed by atoms with Crippen LogP contribution in [0.1, 0.15) is 38.8 Å². The minimum Gasteiger partial charge on any atom is -0.357 e. The highest BCUT2D eigenvalue weighted by molar-refractivity contribution is 5.86. The number of aliphatic imine (C=N–C) groups is 1. The van der Waals surface area contributed by atoms with E-state index in [0.717, 1.165) is 5.56 Å². The predicted octanol–water partition coefficient (Wildman–Crippen LogP) is 1.87. The third-order valence-electron chi connectivity index (χ3n) is 3.06. The highest BCUT2D eigenvalue weighted by Gasteiger charge is 2.16. The fraction of sp³-hybridized carbons (Fsp3) is 0.500. The molecule has 0 spiro atoms. The van der Waals surface area contributed by atoms with Crippen molar-refractivity contribution in [3.8, 4) is 6.07 Å². The van der Waals surface area contributed by atoms with Crippen molar-refractivity contribution in [3.63, 3.8) is 0 Å². The molecule has 0 aliphatic carbocycles. The number of nitrogens with one attached hydrogen (secondary N) is 2. The molecule has 0 aromatic heterocycles. The second-order valence-corrected chi connectivity index (χ2v) is 6.64. The Kier molecular flexibility index (Phi) is 7.25. The van der Waals surface area contributed by atoms with Gasteiger partial charge in [0.1, 0.15) is 0 Å². The maximum atomic E-state index is 12.1. The number of nitrogens with zero attached hydrogens (tertiary/aromatic N) is 3. The number of nitriles is 1. The number of carbonyl (C=O) groups excluding carboxylic acids is 1. The van der Waals surface area contributed by atoms with Crippen molar-refractivity contribution in [2.75, 3.05) is 20.1 Å². The second-order valence-electron chi connectivity index (χ2n) is 6.64. The van der Waals surface area contributed by atoms with Gasteiger partial charge in [-0.1, -0.05) is 12.1 Å². The van der Waals surface area contributed by atoms with Crippen molar-refractivity contribution in [2.24, 2.45) is 4.99 Å². The molecule has 0 saturated carbocycles. The number of benzene rings is 1. The van der Waals surface area contributed by atoms with E-state index in [1.807, 2.05) is 52.9 Å². The van der Waals surface area contributed by atoms with Crippen LogP contribution in [0.15, 0.2) is 29.3 Å². The summed E-state index contributed by atoms with van der Waals surface area (Å²) in [7, 11) is 1.83. The predicted molar refractivity (Wildman–Crippen MR) is 96.5 cm³/mol. The molecule has 0 aliphatic rings. The van der Waals surface area contributed by atoms with Crippen LogP contribution >= 0.6 is 0 Å². The zero-order chi connectivity index (χ0) is 18.2. The first-order valence-electron chi connectivity index (χ1n) is 8.04. The van der Waals surface area contributed by atoms with Gasteiger partial charge in [-0.15, -0.1) is 0 Å². The molecular formula is C18H27N5O. The number of carbonyl (C=O) groups is 1. The Bertz CT molecular complexity index is 625. The lowest BCUT2D eigenvalue weighted by atomic mass is 10.1. The van der Waals surface area contributed by atoms with Gasteiger partial charge < -0.3 is 15.5 Å². The number of likely N-dealkylation sites (N-methyl/N-ethyl adjacent to an activating group) is 1. The van der Waals surface area contributed by atoms with E-state index in [2.05, 4.69) is 21.7 Å². The fourth-order valence-corrected chi connectivity index (χ4v) is 2.12. The standard InChI is InChI=1S/C18H27N5O/c1-6-20-17(23(5)13-16(24)22-18(2,3)4)21-12-15-9-7-8-14(10-15)11-19/h7-10H,6,12-13H2,1-5H3,(H,20,21)(H,22,24). The molecular weight excluding hydrogens is 302 g/mol. The van der Waals surface area contributed by atoms with Crippen LogP contribution in [0.25, 0.3) is 0 Å². The smallest absolute Gasteiger partial charge is 0.240 e. The molecule has 0 fully saturated rings. The Morgan fingerprint density at radius 3 is 2.67 bits per heavy atom. The molecule has 0 bridgehead atoms. The average molecular weight is 329 g/mol. The summed E-state index contributed by atoms with van der Waals surface area (Å²) in [4.78, 5) is 18.4. The van der Waals surface area contributed by atoms with Crippen molar-refractivity contribution in [1.82, 2.24) is 15.5 Å². The van der Waals surface area contributed by atoms with Crippen molar-refractivity contribution in [1.29, 1.82) is 5.26 Å². The van der Waals surface area contributed by atoms with Crippen LogP contribution < -0.4 is 10.6 Å². The summed E-state index contributed by atoms with van der Waals surface area (Å²) in [5.74, 6) is 0.603. The minimum atomic E-state index is -0.259. The van der Waals surface area contributed by atoms with Gasteiger partial charge in [0.25, 0.3) is 0 Å². The molecule has 0 radical (unpaired) electrons. The third-order valence-corrected chi connectivity index (χ3v) is 3.06. The molecule has 1 rings (SSSR count). The van der Waals surface area contributed by atoms with Gasteiger partial charge >= 0.3 is 0 Å². The Hall–Kier alpha value is -2.55. The van der Waals surface area contributed by atoms with E-state index in [0.29, 0.717) is 24.6 Å². The highest BCUT2D eigenvalue weighted by atomic mass is 16.2. The highest BCUT2D eigenvalue weighted by Crippen LogP contribution is 2.06. The van der Waals surface area contributed by atoms with Gasteiger partial charge in [-0.05, 0) is 45.4 Å². The number of amides is 1. The van der Waals surface area contributed by atoms with Crippen LogP contribution in [0.2, 0.25) is 0 Å². The topological polar surface area (TPSA) is 80.5 Å². The molecule has 6 nitrogen and oxygen atoms in total. The molecule has 24 heavy (non-hydrogen) atoms. The molecule has 0 saturated heterocycles. The van der Waals surface area contributed by atoms with Crippen LogP contribution in [-0.2, 0) is 11.3 Å².